The van der Waals surface area contributed by atoms with Crippen molar-refractivity contribution >= 4 is 0 Å². The molecule has 4 nitrogen and oxygen atoms in total. The lowest BCUT2D eigenvalue weighted by atomic mass is 10.0. The van der Waals surface area contributed by atoms with Gasteiger partial charge in [-0.1, -0.05) is 32.3 Å². The maximum Gasteiger partial charge on any atom is 0.228 e. The third-order valence-electron chi connectivity index (χ3n) is 4.37. The van der Waals surface area contributed by atoms with Crippen LogP contribution in [0, 0.1) is 5.92 Å². The highest BCUT2D eigenvalue weighted by molar-refractivity contribution is 5.00. The highest BCUT2D eigenvalue weighted by atomic mass is 16.5. The molecular weight excluding hydrogens is 238 g/mol. The van der Waals surface area contributed by atoms with E-state index in [0.717, 1.165) is 37.0 Å². The maximum absolute atomic E-state index is 5.42. The zero-order valence-corrected chi connectivity index (χ0v) is 12.5. The van der Waals surface area contributed by atoms with Gasteiger partial charge in [0.25, 0.3) is 0 Å². The first kappa shape index (κ1) is 14.5. The van der Waals surface area contributed by atoms with Gasteiger partial charge in [-0.25, -0.2) is 0 Å². The molecule has 3 atom stereocenters. The summed E-state index contributed by atoms with van der Waals surface area (Å²) in [5, 5.41) is 7.65. The third kappa shape index (κ3) is 3.78. The molecule has 3 unspecified atom stereocenters. The summed E-state index contributed by atoms with van der Waals surface area (Å²) < 4.78 is 5.42. The van der Waals surface area contributed by atoms with Crippen LogP contribution in [0.5, 0.6) is 0 Å². The van der Waals surface area contributed by atoms with Crippen molar-refractivity contribution in [1.82, 2.24) is 15.5 Å². The van der Waals surface area contributed by atoms with Crippen molar-refractivity contribution in [3.05, 3.63) is 11.7 Å². The lowest BCUT2D eigenvalue weighted by Gasteiger charge is -2.12. The monoisotopic (exact) mass is 265 g/mol. The summed E-state index contributed by atoms with van der Waals surface area (Å²) in [6.07, 6.45) is 7.00. The number of likely N-dealkylation sites (N-methyl/N-ethyl adjacent to an activating group) is 1. The SMILES string of the molecule is CCNC(CC)Cc1nc(C2CCC(CC)C2)no1. The molecule has 1 heterocycles. The minimum atomic E-state index is 0.449. The first-order valence-electron chi connectivity index (χ1n) is 7.82. The zero-order valence-electron chi connectivity index (χ0n) is 12.5. The summed E-state index contributed by atoms with van der Waals surface area (Å²) in [6.45, 7) is 7.58. The van der Waals surface area contributed by atoms with Crippen LogP contribution in [0.1, 0.15) is 70.5 Å². The molecule has 0 aromatic carbocycles. The number of rotatable bonds is 7. The molecule has 0 bridgehead atoms. The topological polar surface area (TPSA) is 51.0 Å². The third-order valence-corrected chi connectivity index (χ3v) is 4.37. The predicted octanol–water partition coefficient (Wildman–Crippen LogP) is 3.29. The smallest absolute Gasteiger partial charge is 0.228 e. The molecule has 4 heteroatoms. The van der Waals surface area contributed by atoms with Gasteiger partial charge >= 0.3 is 0 Å². The molecule has 0 amide bonds. The Morgan fingerprint density at radius 3 is 2.79 bits per heavy atom. The van der Waals surface area contributed by atoms with E-state index in [1.807, 2.05) is 0 Å². The van der Waals surface area contributed by atoms with Gasteiger partial charge in [0.05, 0.1) is 0 Å². The fourth-order valence-corrected chi connectivity index (χ4v) is 3.06. The Kier molecular flexibility index (Phi) is 5.37. The van der Waals surface area contributed by atoms with Gasteiger partial charge in [-0.3, -0.25) is 0 Å². The number of nitrogens with one attached hydrogen (secondary N) is 1. The highest BCUT2D eigenvalue weighted by Gasteiger charge is 2.28. The van der Waals surface area contributed by atoms with Crippen molar-refractivity contribution in [3.63, 3.8) is 0 Å². The minimum absolute atomic E-state index is 0.449. The van der Waals surface area contributed by atoms with Crippen molar-refractivity contribution in [2.24, 2.45) is 5.92 Å². The molecule has 1 aliphatic carbocycles. The summed E-state index contributed by atoms with van der Waals surface area (Å²) in [5.74, 6) is 3.12. The first-order chi connectivity index (χ1) is 9.26. The number of hydrogen-bond acceptors (Lipinski definition) is 4. The van der Waals surface area contributed by atoms with Crippen LogP contribution in [0.25, 0.3) is 0 Å². The molecule has 19 heavy (non-hydrogen) atoms. The van der Waals surface area contributed by atoms with Gasteiger partial charge in [0, 0.05) is 18.4 Å². The Bertz CT molecular complexity index is 377. The van der Waals surface area contributed by atoms with Gasteiger partial charge < -0.3 is 9.84 Å². The van der Waals surface area contributed by atoms with Gasteiger partial charge in [-0.15, -0.1) is 0 Å². The Hall–Kier alpha value is -0.900. The number of hydrogen-bond donors (Lipinski definition) is 1. The molecule has 108 valence electrons. The van der Waals surface area contributed by atoms with Crippen LogP contribution in [0.2, 0.25) is 0 Å². The summed E-state index contributed by atoms with van der Waals surface area (Å²) in [6, 6.07) is 0.449. The molecule has 2 rings (SSSR count). The van der Waals surface area contributed by atoms with E-state index in [4.69, 9.17) is 4.52 Å². The molecule has 1 fully saturated rings. The van der Waals surface area contributed by atoms with E-state index in [-0.39, 0.29) is 0 Å². The second kappa shape index (κ2) is 7.04. The first-order valence-corrected chi connectivity index (χ1v) is 7.82. The molecule has 0 radical (unpaired) electrons. The fraction of sp³-hybridized carbons (Fsp3) is 0.867. The van der Waals surface area contributed by atoms with Crippen LogP contribution in [-0.2, 0) is 6.42 Å². The number of aromatic nitrogens is 2. The molecular formula is C15H27N3O. The van der Waals surface area contributed by atoms with E-state index < -0.39 is 0 Å². The molecule has 0 aliphatic heterocycles. The van der Waals surface area contributed by atoms with Gasteiger partial charge in [0.15, 0.2) is 5.82 Å². The van der Waals surface area contributed by atoms with E-state index in [2.05, 4.69) is 36.2 Å². The fourth-order valence-electron chi connectivity index (χ4n) is 3.06. The average Bonchev–Trinajstić information content (AvgIpc) is 3.06. The summed E-state index contributed by atoms with van der Waals surface area (Å²) >= 11 is 0. The Balaban J connectivity index is 1.91. The van der Waals surface area contributed by atoms with E-state index in [0.29, 0.717) is 12.0 Å². The van der Waals surface area contributed by atoms with Gasteiger partial charge in [-0.05, 0) is 38.1 Å². The second-order valence-electron chi connectivity index (χ2n) is 5.70. The van der Waals surface area contributed by atoms with Crippen molar-refractivity contribution in [3.8, 4) is 0 Å². The molecule has 0 saturated heterocycles. The lowest BCUT2D eigenvalue weighted by molar-refractivity contribution is 0.349. The van der Waals surface area contributed by atoms with E-state index in [9.17, 15) is 0 Å². The van der Waals surface area contributed by atoms with Crippen LogP contribution >= 0.6 is 0 Å². The lowest BCUT2D eigenvalue weighted by Crippen LogP contribution is -2.30. The van der Waals surface area contributed by atoms with E-state index >= 15 is 0 Å². The van der Waals surface area contributed by atoms with Crippen LogP contribution < -0.4 is 5.32 Å². The largest absolute Gasteiger partial charge is 0.339 e. The number of nitrogens with zero attached hydrogens (tertiary/aromatic N) is 2. The predicted molar refractivity (Wildman–Crippen MR) is 76.1 cm³/mol. The normalized spacial score (nSPS) is 24.8. The molecule has 1 N–H and O–H groups in total. The molecule has 1 aromatic heterocycles. The van der Waals surface area contributed by atoms with E-state index in [1.165, 1.54) is 25.7 Å². The molecule has 1 saturated carbocycles. The van der Waals surface area contributed by atoms with Crippen LogP contribution in [-0.4, -0.2) is 22.7 Å². The minimum Gasteiger partial charge on any atom is -0.339 e. The van der Waals surface area contributed by atoms with Gasteiger partial charge in [0.2, 0.25) is 5.89 Å². The zero-order chi connectivity index (χ0) is 13.7. The van der Waals surface area contributed by atoms with Crippen LogP contribution in [0.4, 0.5) is 0 Å². The Morgan fingerprint density at radius 1 is 1.32 bits per heavy atom. The van der Waals surface area contributed by atoms with Gasteiger partial charge in [-0.2, -0.15) is 4.98 Å². The van der Waals surface area contributed by atoms with Crippen molar-refractivity contribution < 1.29 is 4.52 Å². The van der Waals surface area contributed by atoms with Crippen LogP contribution in [0.15, 0.2) is 4.52 Å². The van der Waals surface area contributed by atoms with Gasteiger partial charge in [0.1, 0.15) is 0 Å². The van der Waals surface area contributed by atoms with Crippen molar-refractivity contribution in [1.29, 1.82) is 0 Å². The molecule has 1 aromatic rings. The van der Waals surface area contributed by atoms with Crippen LogP contribution in [0.3, 0.4) is 0 Å². The Morgan fingerprint density at radius 2 is 2.16 bits per heavy atom. The van der Waals surface area contributed by atoms with E-state index in [1.54, 1.807) is 0 Å². The summed E-state index contributed by atoms with van der Waals surface area (Å²) in [4.78, 5) is 4.61. The highest BCUT2D eigenvalue weighted by Crippen LogP contribution is 2.38. The quantitative estimate of drug-likeness (QED) is 0.822. The van der Waals surface area contributed by atoms with Crippen molar-refractivity contribution in [2.75, 3.05) is 6.54 Å². The van der Waals surface area contributed by atoms with Crippen molar-refractivity contribution in [2.45, 2.75) is 71.3 Å². The molecule has 0 spiro atoms. The summed E-state index contributed by atoms with van der Waals surface area (Å²) in [7, 11) is 0. The average molecular weight is 265 g/mol. The Labute approximate surface area is 116 Å². The summed E-state index contributed by atoms with van der Waals surface area (Å²) in [5.41, 5.74) is 0. The second-order valence-corrected chi connectivity index (χ2v) is 5.70. The molecule has 1 aliphatic rings. The standard InChI is InChI=1S/C15H27N3O/c1-4-11-7-8-12(9-11)15-17-14(19-18-15)10-13(5-2)16-6-3/h11-13,16H,4-10H2,1-3H3. The maximum atomic E-state index is 5.42.